The molecule has 0 heterocycles. The molecule has 6 nitrogen and oxygen atoms in total. The molecule has 1 fully saturated rings. The molecule has 124 valence electrons. The molecule has 1 amide bonds. The minimum absolute atomic E-state index is 0.0101. The number of rotatable bonds is 8. The Bertz CT molecular complexity index is 463. The molecule has 1 saturated carbocycles. The van der Waals surface area contributed by atoms with Gasteiger partial charge in [0.25, 0.3) is 0 Å². The quantitative estimate of drug-likeness (QED) is 0.400. The van der Waals surface area contributed by atoms with Gasteiger partial charge in [0.2, 0.25) is 5.91 Å². The SMILES string of the molecule is CO[Si](C)(CCCNC(=O)C1C2C=CC(C2)C1C(=O)O)OC. The van der Waals surface area contributed by atoms with Crippen molar-refractivity contribution in [2.45, 2.75) is 25.4 Å². The van der Waals surface area contributed by atoms with Crippen LogP contribution in [0, 0.1) is 23.7 Å². The predicted octanol–water partition coefficient (Wildman–Crippen LogP) is 1.38. The summed E-state index contributed by atoms with van der Waals surface area (Å²) < 4.78 is 10.8. The zero-order chi connectivity index (χ0) is 16.3. The molecule has 4 atom stereocenters. The largest absolute Gasteiger partial charge is 0.481 e. The van der Waals surface area contributed by atoms with E-state index in [-0.39, 0.29) is 17.7 Å². The molecule has 0 aromatic heterocycles. The number of aliphatic carboxylic acids is 1. The minimum atomic E-state index is -2.10. The highest BCUT2D eigenvalue weighted by Gasteiger charge is 2.51. The fraction of sp³-hybridized carbons (Fsp3) is 0.733. The third kappa shape index (κ3) is 3.42. The lowest BCUT2D eigenvalue weighted by atomic mass is 9.82. The maximum atomic E-state index is 12.4. The fourth-order valence-corrected chi connectivity index (χ4v) is 4.94. The van der Waals surface area contributed by atoms with Crippen LogP contribution >= 0.6 is 0 Å². The van der Waals surface area contributed by atoms with Crippen LogP contribution in [0.4, 0.5) is 0 Å². The second-order valence-corrected chi connectivity index (χ2v) is 9.86. The van der Waals surface area contributed by atoms with Gasteiger partial charge < -0.3 is 19.3 Å². The topological polar surface area (TPSA) is 84.9 Å². The summed E-state index contributed by atoms with van der Waals surface area (Å²) in [5, 5.41) is 12.2. The van der Waals surface area contributed by atoms with Crippen molar-refractivity contribution in [2.75, 3.05) is 20.8 Å². The fourth-order valence-electron chi connectivity index (χ4n) is 3.54. The third-order valence-corrected chi connectivity index (χ3v) is 8.01. The molecule has 2 rings (SSSR count). The number of carbonyl (C=O) groups excluding carboxylic acids is 1. The Labute approximate surface area is 132 Å². The molecule has 0 aromatic carbocycles. The number of fused-ring (bicyclic) bond motifs is 2. The van der Waals surface area contributed by atoms with Gasteiger partial charge in [-0.25, -0.2) is 0 Å². The average molecular weight is 327 g/mol. The van der Waals surface area contributed by atoms with Gasteiger partial charge in [-0.3, -0.25) is 9.59 Å². The second kappa shape index (κ2) is 6.93. The van der Waals surface area contributed by atoms with E-state index in [9.17, 15) is 14.7 Å². The van der Waals surface area contributed by atoms with Gasteiger partial charge in [-0.05, 0) is 37.3 Å². The standard InChI is InChI=1S/C15H25NO5Si/c1-20-22(3,21-2)8-4-7-16-14(17)12-10-5-6-11(9-10)13(12)15(18)19/h5-6,10-13H,4,7-9H2,1-3H3,(H,16,17)(H,18,19). The van der Waals surface area contributed by atoms with Gasteiger partial charge in [0, 0.05) is 20.8 Å². The number of carboxylic acids is 1. The van der Waals surface area contributed by atoms with E-state index in [1.165, 1.54) is 0 Å². The first-order chi connectivity index (χ1) is 10.4. The van der Waals surface area contributed by atoms with Crippen molar-refractivity contribution in [3.05, 3.63) is 12.2 Å². The van der Waals surface area contributed by atoms with Crippen molar-refractivity contribution in [3.63, 3.8) is 0 Å². The summed E-state index contributed by atoms with van der Waals surface area (Å²) in [4.78, 5) is 23.8. The first-order valence-corrected chi connectivity index (χ1v) is 10.2. The van der Waals surface area contributed by atoms with Crippen molar-refractivity contribution in [1.29, 1.82) is 0 Å². The first kappa shape index (κ1) is 17.2. The zero-order valence-electron chi connectivity index (χ0n) is 13.4. The summed E-state index contributed by atoms with van der Waals surface area (Å²) in [6.07, 6.45) is 5.49. The van der Waals surface area contributed by atoms with Gasteiger partial charge in [-0.2, -0.15) is 0 Å². The van der Waals surface area contributed by atoms with Crippen LogP contribution in [0.2, 0.25) is 12.6 Å². The molecule has 2 aliphatic carbocycles. The number of hydrogen-bond donors (Lipinski definition) is 2. The Balaban J connectivity index is 1.83. The summed E-state index contributed by atoms with van der Waals surface area (Å²) in [6, 6.07) is 0.791. The molecule has 2 bridgehead atoms. The zero-order valence-corrected chi connectivity index (χ0v) is 14.4. The van der Waals surface area contributed by atoms with Crippen molar-refractivity contribution < 1.29 is 23.5 Å². The van der Waals surface area contributed by atoms with Crippen LogP contribution in [-0.2, 0) is 18.4 Å². The molecule has 22 heavy (non-hydrogen) atoms. The van der Waals surface area contributed by atoms with Gasteiger partial charge in [0.15, 0.2) is 0 Å². The average Bonchev–Trinajstić information content (AvgIpc) is 3.11. The lowest BCUT2D eigenvalue weighted by molar-refractivity contribution is -0.147. The molecular formula is C15H25NO5Si. The van der Waals surface area contributed by atoms with E-state index in [2.05, 4.69) is 5.32 Å². The molecule has 2 aliphatic rings. The van der Waals surface area contributed by atoms with Crippen molar-refractivity contribution in [2.24, 2.45) is 23.7 Å². The Morgan fingerprint density at radius 3 is 2.36 bits per heavy atom. The lowest BCUT2D eigenvalue weighted by Crippen LogP contribution is -2.41. The molecule has 0 radical (unpaired) electrons. The Morgan fingerprint density at radius 1 is 1.23 bits per heavy atom. The number of carbonyl (C=O) groups is 2. The number of carboxylic acid groups (broad SMARTS) is 1. The Morgan fingerprint density at radius 2 is 1.82 bits per heavy atom. The number of allylic oxidation sites excluding steroid dienone is 2. The molecule has 2 N–H and O–H groups in total. The molecule has 4 unspecified atom stereocenters. The van der Waals surface area contributed by atoms with E-state index in [0.717, 1.165) is 18.9 Å². The maximum absolute atomic E-state index is 12.4. The first-order valence-electron chi connectivity index (χ1n) is 7.71. The second-order valence-electron chi connectivity index (χ2n) is 6.27. The summed E-state index contributed by atoms with van der Waals surface area (Å²) in [5.74, 6) is -1.92. The van der Waals surface area contributed by atoms with Crippen LogP contribution in [0.5, 0.6) is 0 Å². The van der Waals surface area contributed by atoms with Gasteiger partial charge in [-0.1, -0.05) is 12.2 Å². The van der Waals surface area contributed by atoms with Crippen molar-refractivity contribution in [3.8, 4) is 0 Å². The highest BCUT2D eigenvalue weighted by molar-refractivity contribution is 6.65. The summed E-state index contributed by atoms with van der Waals surface area (Å²) in [6.45, 7) is 2.51. The summed E-state index contributed by atoms with van der Waals surface area (Å²) in [5.41, 5.74) is 0. The van der Waals surface area contributed by atoms with Crippen molar-refractivity contribution >= 4 is 20.4 Å². The maximum Gasteiger partial charge on any atom is 0.334 e. The van der Waals surface area contributed by atoms with Gasteiger partial charge in [-0.15, -0.1) is 0 Å². The Hall–Kier alpha value is -1.18. The molecule has 0 spiro atoms. The number of amides is 1. The summed E-state index contributed by atoms with van der Waals surface area (Å²) in [7, 11) is 1.19. The molecule has 7 heteroatoms. The molecule has 0 saturated heterocycles. The van der Waals surface area contributed by atoms with E-state index in [4.69, 9.17) is 8.85 Å². The smallest absolute Gasteiger partial charge is 0.334 e. The Kier molecular flexibility index (Phi) is 5.41. The molecular weight excluding hydrogens is 302 g/mol. The highest BCUT2D eigenvalue weighted by atomic mass is 28.4. The van der Waals surface area contributed by atoms with Gasteiger partial charge >= 0.3 is 14.5 Å². The monoisotopic (exact) mass is 327 g/mol. The van der Waals surface area contributed by atoms with Crippen LogP contribution in [-0.4, -0.2) is 46.3 Å². The number of nitrogens with one attached hydrogen (secondary N) is 1. The lowest BCUT2D eigenvalue weighted by Gasteiger charge is -2.25. The van der Waals surface area contributed by atoms with Crippen LogP contribution in [0.25, 0.3) is 0 Å². The van der Waals surface area contributed by atoms with E-state index in [1.807, 2.05) is 18.7 Å². The normalized spacial score (nSPS) is 29.8. The van der Waals surface area contributed by atoms with Crippen LogP contribution in [0.3, 0.4) is 0 Å². The van der Waals surface area contributed by atoms with Crippen molar-refractivity contribution in [1.82, 2.24) is 5.32 Å². The van der Waals surface area contributed by atoms with Crippen LogP contribution in [0.1, 0.15) is 12.8 Å². The summed E-state index contributed by atoms with van der Waals surface area (Å²) >= 11 is 0. The highest BCUT2D eigenvalue weighted by Crippen LogP contribution is 2.48. The minimum Gasteiger partial charge on any atom is -0.481 e. The van der Waals surface area contributed by atoms with E-state index >= 15 is 0 Å². The van der Waals surface area contributed by atoms with E-state index in [1.54, 1.807) is 14.2 Å². The number of hydrogen-bond acceptors (Lipinski definition) is 4. The third-order valence-electron chi connectivity index (χ3n) is 5.02. The van der Waals surface area contributed by atoms with Crippen LogP contribution < -0.4 is 5.32 Å². The van der Waals surface area contributed by atoms with E-state index < -0.39 is 26.4 Å². The molecule has 0 aliphatic heterocycles. The van der Waals surface area contributed by atoms with Crippen LogP contribution in [0.15, 0.2) is 12.2 Å². The van der Waals surface area contributed by atoms with E-state index in [0.29, 0.717) is 6.54 Å². The van der Waals surface area contributed by atoms with Gasteiger partial charge in [0.1, 0.15) is 0 Å². The van der Waals surface area contributed by atoms with Gasteiger partial charge in [0.05, 0.1) is 11.8 Å². The molecule has 0 aromatic rings. The predicted molar refractivity (Wildman–Crippen MR) is 83.4 cm³/mol.